The lowest BCUT2D eigenvalue weighted by Gasteiger charge is -2.32. The average molecular weight is 1030 g/mol. The predicted octanol–water partition coefficient (Wildman–Crippen LogP) is 1.39. The van der Waals surface area contributed by atoms with Gasteiger partial charge in [0.05, 0.1) is 37.0 Å². The van der Waals surface area contributed by atoms with Crippen molar-refractivity contribution < 1.29 is 48.9 Å². The zero-order valence-electron chi connectivity index (χ0n) is 39.7. The van der Waals surface area contributed by atoms with Gasteiger partial charge in [0.25, 0.3) is 0 Å². The Morgan fingerprint density at radius 1 is 0.686 bits per heavy atom. The van der Waals surface area contributed by atoms with Crippen molar-refractivity contribution in [1.29, 1.82) is 0 Å². The van der Waals surface area contributed by atoms with Crippen molar-refractivity contribution in [3.63, 3.8) is 0 Å². The quantitative estimate of drug-likeness (QED) is 0.0382. The minimum absolute atomic E-state index is 0.0462. The van der Waals surface area contributed by atoms with Crippen molar-refractivity contribution >= 4 is 105 Å². The highest BCUT2D eigenvalue weighted by molar-refractivity contribution is 7.98. The number of thiocarbonyl (C=S) groups is 2. The van der Waals surface area contributed by atoms with E-state index in [0.717, 1.165) is 11.3 Å². The monoisotopic (exact) mass is 1030 g/mol. The third-order valence-corrected chi connectivity index (χ3v) is 12.1. The molecule has 2 aromatic carbocycles. The fourth-order valence-corrected chi connectivity index (χ4v) is 7.85. The Labute approximate surface area is 423 Å². The molecule has 3 rings (SSSR count). The molecular weight excluding hydrogens is 965 g/mol. The van der Waals surface area contributed by atoms with Crippen LogP contribution in [0.2, 0.25) is 0 Å². The molecule has 10 N–H and O–H groups in total. The summed E-state index contributed by atoms with van der Waals surface area (Å²) in [5, 5.41) is 51.2. The van der Waals surface area contributed by atoms with E-state index in [4.69, 9.17) is 12.2 Å². The Hall–Kier alpha value is -5.79. The first-order valence-corrected chi connectivity index (χ1v) is 25.0. The second-order valence-corrected chi connectivity index (χ2v) is 18.1. The maximum Gasteiger partial charge on any atom is 0.319 e. The molecule has 0 bridgehead atoms. The Morgan fingerprint density at radius 2 is 1.17 bits per heavy atom. The number of nitrogens with one attached hydrogen (secondary N) is 7. The fourth-order valence-electron chi connectivity index (χ4n) is 7.06. The fraction of sp³-hybridized carbons (Fsp3) is 0.533. The number of nitrogens with zero attached hydrogens (tertiary/aromatic N) is 5. The number of hydrogen-bond donors (Lipinski definition) is 10. The van der Waals surface area contributed by atoms with E-state index in [1.807, 2.05) is 25.0 Å². The Bertz CT molecular complexity index is 2070. The van der Waals surface area contributed by atoms with E-state index < -0.39 is 41.9 Å². The molecule has 0 aliphatic carbocycles. The largest absolute Gasteiger partial charge is 0.480 e. The van der Waals surface area contributed by atoms with Crippen LogP contribution in [0.5, 0.6) is 0 Å². The number of thioether (sulfide) groups is 1. The molecule has 1 heterocycles. The molecule has 25 heteroatoms. The molecule has 1 fully saturated rings. The summed E-state index contributed by atoms with van der Waals surface area (Å²) in [5.41, 5.74) is 2.54. The van der Waals surface area contributed by atoms with Crippen molar-refractivity contribution in [3.8, 4) is 0 Å². The number of anilines is 2. The molecule has 22 nitrogen and oxygen atoms in total. The molecule has 0 radical (unpaired) electrons. The molecule has 5 amide bonds. The van der Waals surface area contributed by atoms with Gasteiger partial charge in [-0.2, -0.15) is 16.8 Å². The first-order valence-electron chi connectivity index (χ1n) is 22.8. The lowest BCUT2D eigenvalue weighted by Crippen LogP contribution is -2.56. The minimum Gasteiger partial charge on any atom is -0.480 e. The maximum absolute atomic E-state index is 13.7. The molecule has 0 unspecified atom stereocenters. The number of aliphatic carboxylic acids is 3. The zero-order valence-corrected chi connectivity index (χ0v) is 42.2. The van der Waals surface area contributed by atoms with Crippen LogP contribution in [0.25, 0.3) is 0 Å². The Morgan fingerprint density at radius 3 is 1.66 bits per heavy atom. The van der Waals surface area contributed by atoms with Crippen LogP contribution in [0.15, 0.2) is 53.5 Å². The maximum atomic E-state index is 13.7. The zero-order chi connectivity index (χ0) is 51.4. The number of hydrogen-bond acceptors (Lipinski definition) is 15. The van der Waals surface area contributed by atoms with Crippen molar-refractivity contribution in [2.24, 2.45) is 10.9 Å². The first-order chi connectivity index (χ1) is 33.5. The SMILES string of the molecule is CC[C@H](C)[C@H](NC(=O)[C@H](CCSC)NC(=O)Nc1ccc(CNC(=O)CN2CCN(CC(=O)O)CCN(CC(=O)O)CCN(CC(=O)O)CC2)cc1)C(=O)NCCNC(=S)Nc1ccc(N=C=S)cc1. The molecule has 2 aromatic rings. The van der Waals surface area contributed by atoms with Gasteiger partial charge in [0.1, 0.15) is 12.1 Å². The summed E-state index contributed by atoms with van der Waals surface area (Å²) in [6, 6.07) is 11.4. The minimum atomic E-state index is -1.04. The number of carboxylic acid groups (broad SMARTS) is 3. The number of isothiocyanates is 1. The van der Waals surface area contributed by atoms with Gasteiger partial charge in [-0.15, -0.1) is 0 Å². The summed E-state index contributed by atoms with van der Waals surface area (Å²) in [6.45, 7) is 5.80. The standard InChI is InChI=1S/C45H66N12O10S3/c1-4-31(2)41(43(66)46-14-15-47-45(69)51-35-11-9-33(10-12-35)49-30-68)53-42(65)36(13-24-70-3)52-44(67)50-34-7-5-32(6-8-34)25-48-37(58)26-54-16-18-55(27-38(59)60)20-22-57(29-40(63)64)23-21-56(19-17-54)28-39(61)62/h5-12,31,36,41H,4,13-29H2,1-3H3,(H,46,66)(H,48,58)(H,53,65)(H,59,60)(H,61,62)(H,63,64)(H2,47,51,69)(H2,50,52,67)/t31-,36-,41-/m0/s1. The van der Waals surface area contributed by atoms with Gasteiger partial charge < -0.3 is 52.5 Å². The Kier molecular flexibility index (Phi) is 26.9. The summed E-state index contributed by atoms with van der Waals surface area (Å²) in [7, 11) is 0. The molecule has 0 saturated carbocycles. The average Bonchev–Trinajstić information content (AvgIpc) is 3.31. The van der Waals surface area contributed by atoms with Crippen LogP contribution in [0.1, 0.15) is 32.3 Å². The van der Waals surface area contributed by atoms with Crippen LogP contribution in [0.4, 0.5) is 21.9 Å². The summed E-state index contributed by atoms with van der Waals surface area (Å²) in [6.07, 6.45) is 2.79. The van der Waals surface area contributed by atoms with Crippen molar-refractivity contribution in [3.05, 3.63) is 54.1 Å². The first kappa shape index (κ1) is 58.5. The van der Waals surface area contributed by atoms with Gasteiger partial charge in [-0.1, -0.05) is 32.4 Å². The van der Waals surface area contributed by atoms with Gasteiger partial charge in [0, 0.05) is 83.4 Å². The van der Waals surface area contributed by atoms with E-state index in [0.29, 0.717) is 54.7 Å². The lowest BCUT2D eigenvalue weighted by atomic mass is 9.97. The van der Waals surface area contributed by atoms with Gasteiger partial charge in [0.15, 0.2) is 5.11 Å². The molecule has 3 atom stereocenters. The van der Waals surface area contributed by atoms with Crippen LogP contribution in [0, 0.1) is 5.92 Å². The van der Waals surface area contributed by atoms with Gasteiger partial charge in [-0.3, -0.25) is 48.4 Å². The Balaban J connectivity index is 1.53. The molecular formula is C45H66N12O10S3. The summed E-state index contributed by atoms with van der Waals surface area (Å²) in [5.74, 6) is -3.99. The summed E-state index contributed by atoms with van der Waals surface area (Å²) < 4.78 is 0. The number of amides is 5. The van der Waals surface area contributed by atoms with Gasteiger partial charge in [-0.05, 0) is 90.7 Å². The van der Waals surface area contributed by atoms with E-state index in [1.165, 1.54) is 11.8 Å². The number of carboxylic acids is 3. The number of carbonyl (C=O) groups excluding carboxylic acids is 4. The molecule has 1 aliphatic rings. The van der Waals surface area contributed by atoms with Gasteiger partial charge in [-0.25, -0.2) is 4.79 Å². The third-order valence-electron chi connectivity index (χ3n) is 11.1. The molecule has 1 aliphatic heterocycles. The summed E-state index contributed by atoms with van der Waals surface area (Å²) in [4.78, 5) is 98.9. The normalized spacial score (nSPS) is 15.5. The molecule has 384 valence electrons. The molecule has 1 saturated heterocycles. The third kappa shape index (κ3) is 23.7. The van der Waals surface area contributed by atoms with Crippen molar-refractivity contribution in [1.82, 2.24) is 46.2 Å². The van der Waals surface area contributed by atoms with E-state index in [-0.39, 0.29) is 96.3 Å². The van der Waals surface area contributed by atoms with Crippen molar-refractivity contribution in [2.45, 2.75) is 45.3 Å². The molecule has 0 aromatic heterocycles. The van der Waals surface area contributed by atoms with Crippen LogP contribution >= 0.6 is 36.2 Å². The van der Waals surface area contributed by atoms with E-state index in [1.54, 1.807) is 63.2 Å². The van der Waals surface area contributed by atoms with Crippen LogP contribution in [-0.2, 0) is 35.3 Å². The van der Waals surface area contributed by atoms with E-state index in [9.17, 15) is 48.9 Å². The highest BCUT2D eigenvalue weighted by Gasteiger charge is 2.30. The van der Waals surface area contributed by atoms with Gasteiger partial charge in [0.2, 0.25) is 17.7 Å². The van der Waals surface area contributed by atoms with Crippen LogP contribution < -0.4 is 37.2 Å². The second kappa shape index (κ2) is 32.2. The smallest absolute Gasteiger partial charge is 0.319 e. The van der Waals surface area contributed by atoms with Crippen molar-refractivity contribution in [2.75, 3.05) is 114 Å². The topological polar surface area (TPSA) is 290 Å². The van der Waals surface area contributed by atoms with Crippen LogP contribution in [0.3, 0.4) is 0 Å². The van der Waals surface area contributed by atoms with Crippen LogP contribution in [-0.4, -0.2) is 203 Å². The van der Waals surface area contributed by atoms with E-state index >= 15 is 0 Å². The number of benzene rings is 2. The lowest BCUT2D eigenvalue weighted by molar-refractivity contribution is -0.140. The summed E-state index contributed by atoms with van der Waals surface area (Å²) >= 11 is 11.5. The number of carbonyl (C=O) groups is 7. The highest BCUT2D eigenvalue weighted by atomic mass is 32.2. The highest BCUT2D eigenvalue weighted by Crippen LogP contribution is 2.16. The second-order valence-electron chi connectivity index (χ2n) is 16.5. The number of aliphatic imine (C=N–C) groups is 1. The molecule has 0 spiro atoms. The molecule has 70 heavy (non-hydrogen) atoms. The predicted molar refractivity (Wildman–Crippen MR) is 276 cm³/mol. The van der Waals surface area contributed by atoms with E-state index in [2.05, 4.69) is 59.6 Å². The number of rotatable bonds is 25. The number of urea groups is 1. The van der Waals surface area contributed by atoms with Gasteiger partial charge >= 0.3 is 23.9 Å².